The second-order valence-electron chi connectivity index (χ2n) is 12.2. The van der Waals surface area contributed by atoms with Crippen molar-refractivity contribution in [3.8, 4) is 5.75 Å². The maximum Gasteiger partial charge on any atom is 0.407 e. The number of ether oxygens (including phenoxy) is 5. The molecule has 1 fully saturated rings. The largest absolute Gasteiger partial charge is 0.497 e. The standard InChI is InChI=1S/C37H41NO6/c1-35(2,3)44-34(39)38-24-36(25-41-33(42-26-36)28-14-8-5-9-15-28)27-43-37(29-16-10-6-11-17-29,30-18-12-7-13-19-30)31-20-22-32(40-4)23-21-31/h5-23,33H,24-27H2,1-4H3,(H,38,39). The third kappa shape index (κ3) is 7.30. The average Bonchev–Trinajstić information content (AvgIpc) is 3.05. The molecule has 230 valence electrons. The van der Waals surface area contributed by atoms with Gasteiger partial charge in [-0.2, -0.15) is 0 Å². The van der Waals surface area contributed by atoms with Crippen LogP contribution in [0.3, 0.4) is 0 Å². The Morgan fingerprint density at radius 2 is 1.27 bits per heavy atom. The lowest BCUT2D eigenvalue weighted by Crippen LogP contribution is -2.52. The predicted octanol–water partition coefficient (Wildman–Crippen LogP) is 7.26. The maximum absolute atomic E-state index is 12.8. The zero-order valence-corrected chi connectivity index (χ0v) is 25.8. The quantitative estimate of drug-likeness (QED) is 0.195. The van der Waals surface area contributed by atoms with Crippen LogP contribution in [-0.2, 0) is 24.5 Å². The zero-order chi connectivity index (χ0) is 31.0. The fourth-order valence-electron chi connectivity index (χ4n) is 5.39. The first-order valence-electron chi connectivity index (χ1n) is 14.9. The molecule has 1 heterocycles. The lowest BCUT2D eigenvalue weighted by Gasteiger charge is -2.43. The molecular weight excluding hydrogens is 554 g/mol. The first-order chi connectivity index (χ1) is 21.2. The molecule has 0 spiro atoms. The second-order valence-corrected chi connectivity index (χ2v) is 12.2. The van der Waals surface area contributed by atoms with Crippen LogP contribution in [0.5, 0.6) is 5.75 Å². The number of nitrogens with one attached hydrogen (secondary N) is 1. The lowest BCUT2D eigenvalue weighted by molar-refractivity contribution is -0.247. The van der Waals surface area contributed by atoms with E-state index in [-0.39, 0.29) is 13.2 Å². The molecule has 0 aromatic heterocycles. The van der Waals surface area contributed by atoms with Gasteiger partial charge in [0.1, 0.15) is 17.0 Å². The molecule has 0 saturated carbocycles. The van der Waals surface area contributed by atoms with E-state index >= 15 is 0 Å². The van der Waals surface area contributed by atoms with E-state index < -0.39 is 29.0 Å². The van der Waals surface area contributed by atoms with Crippen LogP contribution in [-0.4, -0.2) is 45.2 Å². The molecule has 7 heteroatoms. The SMILES string of the molecule is COc1ccc(C(OCC2(CNC(=O)OC(C)(C)C)COC(c3ccccc3)OC2)(c2ccccc2)c2ccccc2)cc1. The average molecular weight is 596 g/mol. The summed E-state index contributed by atoms with van der Waals surface area (Å²) in [6, 6.07) is 38.1. The minimum absolute atomic E-state index is 0.208. The summed E-state index contributed by atoms with van der Waals surface area (Å²) in [6.07, 6.45) is -1.02. The first kappa shape index (κ1) is 31.3. The molecule has 0 aliphatic carbocycles. The van der Waals surface area contributed by atoms with Crippen molar-refractivity contribution in [3.05, 3.63) is 138 Å². The topological polar surface area (TPSA) is 75.3 Å². The molecule has 5 rings (SSSR count). The van der Waals surface area contributed by atoms with Crippen molar-refractivity contribution in [1.29, 1.82) is 0 Å². The summed E-state index contributed by atoms with van der Waals surface area (Å²) >= 11 is 0. The molecule has 1 aliphatic rings. The van der Waals surface area contributed by atoms with Gasteiger partial charge in [0.25, 0.3) is 0 Å². The summed E-state index contributed by atoms with van der Waals surface area (Å²) in [5.74, 6) is 0.753. The van der Waals surface area contributed by atoms with E-state index in [1.165, 1.54) is 0 Å². The Labute approximate surface area is 260 Å². The van der Waals surface area contributed by atoms with Crippen LogP contribution in [0.4, 0.5) is 4.79 Å². The van der Waals surface area contributed by atoms with Gasteiger partial charge in [-0.15, -0.1) is 0 Å². The van der Waals surface area contributed by atoms with Crippen LogP contribution in [0.15, 0.2) is 115 Å². The van der Waals surface area contributed by atoms with E-state index in [0.29, 0.717) is 13.2 Å². The van der Waals surface area contributed by atoms with Gasteiger partial charge in [0.2, 0.25) is 0 Å². The van der Waals surface area contributed by atoms with Gasteiger partial charge < -0.3 is 29.0 Å². The molecule has 0 unspecified atom stereocenters. The van der Waals surface area contributed by atoms with Gasteiger partial charge in [-0.25, -0.2) is 4.79 Å². The number of carbonyl (C=O) groups is 1. The van der Waals surface area contributed by atoms with Crippen LogP contribution in [0.2, 0.25) is 0 Å². The van der Waals surface area contributed by atoms with Crippen LogP contribution in [0.25, 0.3) is 0 Å². The second kappa shape index (κ2) is 13.6. The third-order valence-electron chi connectivity index (χ3n) is 7.61. The van der Waals surface area contributed by atoms with E-state index in [4.69, 9.17) is 23.7 Å². The molecule has 1 aliphatic heterocycles. The minimum Gasteiger partial charge on any atom is -0.497 e. The van der Waals surface area contributed by atoms with Crippen LogP contribution in [0, 0.1) is 5.41 Å². The Morgan fingerprint density at radius 1 is 0.773 bits per heavy atom. The molecule has 1 amide bonds. The van der Waals surface area contributed by atoms with Crippen molar-refractivity contribution in [2.45, 2.75) is 38.3 Å². The highest BCUT2D eigenvalue weighted by Gasteiger charge is 2.44. The highest BCUT2D eigenvalue weighted by atomic mass is 16.7. The summed E-state index contributed by atoms with van der Waals surface area (Å²) < 4.78 is 30.8. The molecule has 4 aromatic carbocycles. The summed E-state index contributed by atoms with van der Waals surface area (Å²) in [5.41, 5.74) is 1.47. The molecule has 0 radical (unpaired) electrons. The van der Waals surface area contributed by atoms with Crippen molar-refractivity contribution in [2.75, 3.05) is 33.5 Å². The molecule has 1 saturated heterocycles. The van der Waals surface area contributed by atoms with Gasteiger partial charge in [-0.1, -0.05) is 103 Å². The fraction of sp³-hybridized carbons (Fsp3) is 0.324. The number of amides is 1. The number of benzene rings is 4. The van der Waals surface area contributed by atoms with Crippen molar-refractivity contribution < 1.29 is 28.5 Å². The van der Waals surface area contributed by atoms with Crippen molar-refractivity contribution in [3.63, 3.8) is 0 Å². The van der Waals surface area contributed by atoms with Crippen LogP contribution < -0.4 is 10.1 Å². The monoisotopic (exact) mass is 595 g/mol. The Bertz CT molecular complexity index is 1420. The molecule has 7 nitrogen and oxygen atoms in total. The van der Waals surface area contributed by atoms with Crippen molar-refractivity contribution in [1.82, 2.24) is 5.32 Å². The molecule has 0 bridgehead atoms. The van der Waals surface area contributed by atoms with Crippen molar-refractivity contribution >= 4 is 6.09 Å². The Hall–Kier alpha value is -4.17. The van der Waals surface area contributed by atoms with Gasteiger partial charge in [-0.3, -0.25) is 0 Å². The Kier molecular flexibility index (Phi) is 9.69. The number of hydrogen-bond acceptors (Lipinski definition) is 6. The number of carbonyl (C=O) groups excluding carboxylic acids is 1. The molecule has 4 aromatic rings. The van der Waals surface area contributed by atoms with Gasteiger partial charge >= 0.3 is 6.09 Å². The van der Waals surface area contributed by atoms with E-state index in [1.54, 1.807) is 7.11 Å². The Morgan fingerprint density at radius 3 is 1.77 bits per heavy atom. The Balaban J connectivity index is 1.51. The highest BCUT2D eigenvalue weighted by Crippen LogP contribution is 2.43. The molecule has 1 N–H and O–H groups in total. The zero-order valence-electron chi connectivity index (χ0n) is 25.8. The summed E-state index contributed by atoms with van der Waals surface area (Å²) in [4.78, 5) is 12.8. The normalized spacial score (nSPS) is 18.8. The molecular formula is C37H41NO6. The fourth-order valence-corrected chi connectivity index (χ4v) is 5.39. The highest BCUT2D eigenvalue weighted by molar-refractivity contribution is 5.67. The third-order valence-corrected chi connectivity index (χ3v) is 7.61. The number of methoxy groups -OCH3 is 1. The van der Waals surface area contributed by atoms with Crippen LogP contribution >= 0.6 is 0 Å². The molecule has 44 heavy (non-hydrogen) atoms. The number of rotatable bonds is 10. The molecule has 0 atom stereocenters. The summed E-state index contributed by atoms with van der Waals surface area (Å²) in [7, 11) is 1.65. The van der Waals surface area contributed by atoms with Gasteiger partial charge in [0.15, 0.2) is 6.29 Å². The first-order valence-corrected chi connectivity index (χ1v) is 14.9. The predicted molar refractivity (Wildman–Crippen MR) is 169 cm³/mol. The maximum atomic E-state index is 12.8. The minimum atomic E-state index is -0.982. The number of hydrogen-bond donors (Lipinski definition) is 1. The summed E-state index contributed by atoms with van der Waals surface area (Å²) in [5, 5.41) is 2.96. The summed E-state index contributed by atoms with van der Waals surface area (Å²) in [6.45, 7) is 6.55. The van der Waals surface area contributed by atoms with Gasteiger partial charge in [0.05, 0.1) is 32.3 Å². The van der Waals surface area contributed by atoms with E-state index in [2.05, 4.69) is 29.6 Å². The van der Waals surface area contributed by atoms with E-state index in [9.17, 15) is 4.79 Å². The van der Waals surface area contributed by atoms with Gasteiger partial charge in [-0.05, 0) is 49.6 Å². The lowest BCUT2D eigenvalue weighted by atomic mass is 9.79. The van der Waals surface area contributed by atoms with E-state index in [0.717, 1.165) is 28.0 Å². The van der Waals surface area contributed by atoms with Crippen LogP contribution in [0.1, 0.15) is 49.3 Å². The van der Waals surface area contributed by atoms with Crippen molar-refractivity contribution in [2.24, 2.45) is 5.41 Å². The number of alkyl carbamates (subject to hydrolysis) is 1. The smallest absolute Gasteiger partial charge is 0.407 e. The van der Waals surface area contributed by atoms with E-state index in [1.807, 2.05) is 112 Å². The van der Waals surface area contributed by atoms with Gasteiger partial charge in [0, 0.05) is 12.1 Å².